The number of piperidine rings is 1. The predicted molar refractivity (Wildman–Crippen MR) is 156 cm³/mol. The van der Waals surface area contributed by atoms with Gasteiger partial charge >= 0.3 is 12.1 Å². The van der Waals surface area contributed by atoms with Crippen molar-refractivity contribution in [2.75, 3.05) is 51.8 Å². The Kier molecular flexibility index (Phi) is 12.1. The number of carboxylic acid groups (broad SMARTS) is 1. The Balaban J connectivity index is 0.000000646. The third-order valence-electron chi connectivity index (χ3n) is 7.57. The first-order valence-electron chi connectivity index (χ1n) is 13.9. The van der Waals surface area contributed by atoms with Crippen LogP contribution in [0.2, 0.25) is 5.02 Å². The smallest absolute Gasteiger partial charge is 0.490 e. The van der Waals surface area contributed by atoms with Crippen LogP contribution >= 0.6 is 11.6 Å². The van der Waals surface area contributed by atoms with Crippen molar-refractivity contribution in [3.8, 4) is 11.5 Å². The van der Waals surface area contributed by atoms with Crippen LogP contribution in [-0.2, 0) is 27.3 Å². The summed E-state index contributed by atoms with van der Waals surface area (Å²) in [6.07, 6.45) is -1.87. The summed E-state index contributed by atoms with van der Waals surface area (Å²) in [5.74, 6) is -1.11. The van der Waals surface area contributed by atoms with Crippen molar-refractivity contribution >= 4 is 35.1 Å². The molecule has 4 rings (SSSR count). The molecule has 1 saturated heterocycles. The van der Waals surface area contributed by atoms with E-state index in [1.54, 1.807) is 21.1 Å². The summed E-state index contributed by atoms with van der Waals surface area (Å²) in [6.45, 7) is 6.20. The Hall–Kier alpha value is -3.51. The molecular weight excluding hydrogens is 591 g/mol. The van der Waals surface area contributed by atoms with Crippen LogP contribution in [0.3, 0.4) is 0 Å². The molecule has 1 N–H and O–H groups in total. The highest BCUT2D eigenvalue weighted by atomic mass is 35.5. The van der Waals surface area contributed by atoms with Crippen LogP contribution in [0.4, 0.5) is 18.9 Å². The van der Waals surface area contributed by atoms with Gasteiger partial charge in [0.1, 0.15) is 0 Å². The van der Waals surface area contributed by atoms with Gasteiger partial charge < -0.3 is 24.4 Å². The van der Waals surface area contributed by atoms with Gasteiger partial charge in [-0.2, -0.15) is 13.2 Å². The average molecular weight is 628 g/mol. The quantitative estimate of drug-likeness (QED) is 0.438. The molecule has 0 saturated carbocycles. The average Bonchev–Trinajstić information content (AvgIpc) is 2.98. The zero-order chi connectivity index (χ0) is 31.7. The fourth-order valence-electron chi connectivity index (χ4n) is 5.26. The van der Waals surface area contributed by atoms with E-state index < -0.39 is 12.1 Å². The Morgan fingerprint density at radius 1 is 1.02 bits per heavy atom. The highest BCUT2D eigenvalue weighted by molar-refractivity contribution is 6.30. The van der Waals surface area contributed by atoms with Crippen molar-refractivity contribution in [1.29, 1.82) is 0 Å². The lowest BCUT2D eigenvalue weighted by Gasteiger charge is -2.34. The molecule has 0 aliphatic carbocycles. The number of ether oxygens (including phenoxy) is 2. The molecule has 9 nitrogen and oxygen atoms in total. The van der Waals surface area contributed by atoms with Crippen molar-refractivity contribution in [3.63, 3.8) is 0 Å². The SMILES string of the molecule is COc1cc2c(cc1OC)CN(CCCN(C(=O)C1CCN(C(C)=O)CC1)c1cccc(Cl)c1)CC2.O=C(O)C(F)(F)F. The van der Waals surface area contributed by atoms with E-state index in [0.717, 1.165) is 49.7 Å². The molecule has 0 radical (unpaired) electrons. The third kappa shape index (κ3) is 9.49. The number of benzene rings is 2. The maximum absolute atomic E-state index is 13.6. The molecule has 2 heterocycles. The van der Waals surface area contributed by atoms with Gasteiger partial charge in [0.05, 0.1) is 14.2 Å². The normalized spacial score (nSPS) is 15.6. The lowest BCUT2D eigenvalue weighted by molar-refractivity contribution is -0.192. The number of carbonyl (C=O) groups is 3. The van der Waals surface area contributed by atoms with Crippen molar-refractivity contribution < 1.29 is 42.1 Å². The summed E-state index contributed by atoms with van der Waals surface area (Å²) in [5.41, 5.74) is 3.40. The van der Waals surface area contributed by atoms with Crippen LogP contribution in [0, 0.1) is 5.92 Å². The van der Waals surface area contributed by atoms with Crippen LogP contribution in [0.15, 0.2) is 36.4 Å². The maximum Gasteiger partial charge on any atom is 0.490 e. The number of alkyl halides is 3. The third-order valence-corrected chi connectivity index (χ3v) is 7.81. The minimum Gasteiger partial charge on any atom is -0.493 e. The second kappa shape index (κ2) is 15.3. The van der Waals surface area contributed by atoms with Crippen LogP contribution in [0.25, 0.3) is 0 Å². The van der Waals surface area contributed by atoms with Crippen LogP contribution in [-0.4, -0.2) is 85.8 Å². The van der Waals surface area contributed by atoms with E-state index in [9.17, 15) is 22.8 Å². The molecule has 13 heteroatoms. The maximum atomic E-state index is 13.6. The van der Waals surface area contributed by atoms with E-state index in [2.05, 4.69) is 17.0 Å². The summed E-state index contributed by atoms with van der Waals surface area (Å²) in [5, 5.41) is 7.74. The fourth-order valence-corrected chi connectivity index (χ4v) is 5.44. The Bertz CT molecular complexity index is 1280. The van der Waals surface area contributed by atoms with Gasteiger partial charge in [0.15, 0.2) is 11.5 Å². The van der Waals surface area contributed by atoms with E-state index in [4.69, 9.17) is 31.0 Å². The number of hydrogen-bond donors (Lipinski definition) is 1. The number of halogens is 4. The molecule has 2 aliphatic heterocycles. The first-order valence-corrected chi connectivity index (χ1v) is 14.3. The number of nitrogens with zero attached hydrogens (tertiary/aromatic N) is 3. The van der Waals surface area contributed by atoms with Gasteiger partial charge in [-0.1, -0.05) is 17.7 Å². The van der Waals surface area contributed by atoms with E-state index in [-0.39, 0.29) is 17.7 Å². The van der Waals surface area contributed by atoms with Crippen LogP contribution < -0.4 is 14.4 Å². The number of hydrogen-bond acceptors (Lipinski definition) is 6. The Labute approximate surface area is 254 Å². The minimum atomic E-state index is -5.08. The van der Waals surface area contributed by atoms with Gasteiger partial charge in [-0.15, -0.1) is 0 Å². The summed E-state index contributed by atoms with van der Waals surface area (Å²) in [7, 11) is 3.33. The topological polar surface area (TPSA) is 99.6 Å². The van der Waals surface area contributed by atoms with Gasteiger partial charge in [0, 0.05) is 62.8 Å². The molecule has 236 valence electrons. The molecular formula is C30H37ClF3N3O6. The second-order valence-electron chi connectivity index (χ2n) is 10.4. The van der Waals surface area contributed by atoms with Crippen molar-refractivity contribution in [3.05, 3.63) is 52.5 Å². The second-order valence-corrected chi connectivity index (χ2v) is 10.8. The van der Waals surface area contributed by atoms with Gasteiger partial charge in [-0.25, -0.2) is 4.79 Å². The minimum absolute atomic E-state index is 0.0757. The zero-order valence-corrected chi connectivity index (χ0v) is 25.2. The summed E-state index contributed by atoms with van der Waals surface area (Å²) < 4.78 is 42.7. The molecule has 2 aromatic rings. The first-order chi connectivity index (χ1) is 20.3. The molecule has 0 atom stereocenters. The largest absolute Gasteiger partial charge is 0.493 e. The number of amides is 2. The summed E-state index contributed by atoms with van der Waals surface area (Å²) >= 11 is 6.27. The molecule has 2 amide bonds. The number of rotatable bonds is 8. The van der Waals surface area contributed by atoms with E-state index in [0.29, 0.717) is 37.5 Å². The monoisotopic (exact) mass is 627 g/mol. The number of methoxy groups -OCH3 is 2. The van der Waals surface area contributed by atoms with Crippen LogP contribution in [0.5, 0.6) is 11.5 Å². The molecule has 0 spiro atoms. The predicted octanol–water partition coefficient (Wildman–Crippen LogP) is 5.03. The Morgan fingerprint density at radius 3 is 2.16 bits per heavy atom. The number of anilines is 1. The summed E-state index contributed by atoms with van der Waals surface area (Å²) in [6, 6.07) is 11.7. The molecule has 43 heavy (non-hydrogen) atoms. The molecule has 1 fully saturated rings. The molecule has 2 aromatic carbocycles. The lowest BCUT2D eigenvalue weighted by atomic mass is 9.94. The fraction of sp³-hybridized carbons (Fsp3) is 0.500. The zero-order valence-electron chi connectivity index (χ0n) is 24.5. The van der Waals surface area contributed by atoms with Gasteiger partial charge in [0.25, 0.3) is 0 Å². The number of fused-ring (bicyclic) bond motifs is 1. The number of likely N-dealkylation sites (tertiary alicyclic amines) is 1. The molecule has 0 aromatic heterocycles. The van der Waals surface area contributed by atoms with E-state index in [1.807, 2.05) is 34.1 Å². The molecule has 0 bridgehead atoms. The Morgan fingerprint density at radius 2 is 1.63 bits per heavy atom. The first kappa shape index (κ1) is 34.0. The number of carboxylic acids is 1. The number of aliphatic carboxylic acids is 1. The number of carbonyl (C=O) groups excluding carboxylic acids is 2. The van der Waals surface area contributed by atoms with Crippen molar-refractivity contribution in [2.45, 2.75) is 45.3 Å². The van der Waals surface area contributed by atoms with Gasteiger partial charge in [-0.05, 0) is 67.1 Å². The van der Waals surface area contributed by atoms with E-state index >= 15 is 0 Å². The van der Waals surface area contributed by atoms with Crippen molar-refractivity contribution in [2.24, 2.45) is 5.92 Å². The van der Waals surface area contributed by atoms with E-state index in [1.165, 1.54) is 11.1 Å². The lowest BCUT2D eigenvalue weighted by Crippen LogP contribution is -2.44. The van der Waals surface area contributed by atoms with Gasteiger partial charge in [-0.3, -0.25) is 14.5 Å². The molecule has 2 aliphatic rings. The van der Waals surface area contributed by atoms with Crippen molar-refractivity contribution in [1.82, 2.24) is 9.80 Å². The highest BCUT2D eigenvalue weighted by Gasteiger charge is 2.38. The van der Waals surface area contributed by atoms with Gasteiger partial charge in [0.2, 0.25) is 11.8 Å². The molecule has 0 unspecified atom stereocenters. The standard InChI is InChI=1S/C28H36ClN3O4.C2HF3O2/c1-20(33)31-14-9-21(10-15-31)28(34)32(25-7-4-6-24(29)18-25)12-5-11-30-13-8-22-16-26(35-2)27(36-3)17-23(22)19-30;3-2(4,5)1(6)7/h4,6-7,16-18,21H,5,8-15,19H2,1-3H3;(H,6,7). The summed E-state index contributed by atoms with van der Waals surface area (Å²) in [4.78, 5) is 40.4. The van der Waals surface area contributed by atoms with Crippen LogP contribution in [0.1, 0.15) is 37.3 Å². The highest BCUT2D eigenvalue weighted by Crippen LogP contribution is 2.33.